The van der Waals surface area contributed by atoms with Crippen molar-refractivity contribution in [1.29, 1.82) is 0 Å². The number of hydrogen-bond acceptors (Lipinski definition) is 4. The minimum Gasteiger partial charge on any atom is -0.455 e. The zero-order chi connectivity index (χ0) is 19.8. The van der Waals surface area contributed by atoms with Gasteiger partial charge in [0.1, 0.15) is 5.82 Å². The highest BCUT2D eigenvalue weighted by atomic mass is 79.9. The Kier molecular flexibility index (Phi) is 7.48. The number of rotatable bonds is 7. The maximum atomic E-state index is 13.7. The van der Waals surface area contributed by atoms with E-state index in [1.54, 1.807) is 30.3 Å². The maximum Gasteiger partial charge on any atom is 0.308 e. The monoisotopic (exact) mass is 436 g/mol. The molecule has 27 heavy (non-hydrogen) atoms. The molecule has 6 nitrogen and oxygen atoms in total. The van der Waals surface area contributed by atoms with Crippen LogP contribution >= 0.6 is 15.9 Å². The molecule has 0 aliphatic carbocycles. The molecule has 1 atom stereocenters. The summed E-state index contributed by atoms with van der Waals surface area (Å²) in [6.07, 6.45) is -0.135. The fourth-order valence-electron chi connectivity index (χ4n) is 2.33. The molecule has 2 aromatic carbocycles. The Bertz CT molecular complexity index is 830. The number of anilines is 1. The van der Waals surface area contributed by atoms with Gasteiger partial charge in [-0.15, -0.1) is 0 Å². The second-order valence-corrected chi connectivity index (χ2v) is 6.62. The molecule has 0 heterocycles. The Morgan fingerprint density at radius 2 is 1.85 bits per heavy atom. The van der Waals surface area contributed by atoms with Gasteiger partial charge in [0.05, 0.1) is 18.2 Å². The molecule has 8 heteroatoms. The summed E-state index contributed by atoms with van der Waals surface area (Å²) in [5.74, 6) is -2.23. The van der Waals surface area contributed by atoms with Gasteiger partial charge in [-0.1, -0.05) is 46.3 Å². The highest BCUT2D eigenvalue weighted by Gasteiger charge is 2.19. The molecular formula is C19H18BrFN2O4. The Morgan fingerprint density at radius 1 is 1.15 bits per heavy atom. The van der Waals surface area contributed by atoms with Crippen molar-refractivity contribution in [3.05, 3.63) is 64.4 Å². The largest absolute Gasteiger partial charge is 0.455 e. The van der Waals surface area contributed by atoms with Crippen LogP contribution in [0.5, 0.6) is 0 Å². The summed E-state index contributed by atoms with van der Waals surface area (Å²) >= 11 is 3.12. The normalized spacial score (nSPS) is 11.4. The van der Waals surface area contributed by atoms with Crippen LogP contribution in [-0.4, -0.2) is 24.4 Å². The summed E-state index contributed by atoms with van der Waals surface area (Å²) in [7, 11) is 0. The van der Waals surface area contributed by atoms with Crippen molar-refractivity contribution in [2.75, 3.05) is 11.9 Å². The first kappa shape index (κ1) is 20.6. The van der Waals surface area contributed by atoms with Crippen molar-refractivity contribution < 1.29 is 23.5 Å². The van der Waals surface area contributed by atoms with Crippen molar-refractivity contribution in [3.8, 4) is 0 Å². The van der Waals surface area contributed by atoms with Crippen LogP contribution < -0.4 is 10.6 Å². The first-order valence-corrected chi connectivity index (χ1v) is 8.87. The number of carbonyl (C=O) groups excluding carboxylic acids is 3. The second-order valence-electron chi connectivity index (χ2n) is 5.70. The molecule has 0 saturated heterocycles. The van der Waals surface area contributed by atoms with E-state index in [-0.39, 0.29) is 18.0 Å². The molecule has 0 aliphatic heterocycles. The number of hydrogen-bond donors (Lipinski definition) is 2. The van der Waals surface area contributed by atoms with Gasteiger partial charge in [-0.2, -0.15) is 0 Å². The van der Waals surface area contributed by atoms with E-state index >= 15 is 0 Å². The summed E-state index contributed by atoms with van der Waals surface area (Å²) in [6.45, 7) is 0.789. The number of amides is 2. The van der Waals surface area contributed by atoms with Gasteiger partial charge >= 0.3 is 5.97 Å². The molecule has 2 rings (SSSR count). The van der Waals surface area contributed by atoms with Crippen LogP contribution in [-0.2, 0) is 19.1 Å². The fraction of sp³-hybridized carbons (Fsp3) is 0.211. The Morgan fingerprint density at radius 3 is 2.48 bits per heavy atom. The number of nitrogens with one attached hydrogen (secondary N) is 2. The Labute approximate surface area is 164 Å². The van der Waals surface area contributed by atoms with E-state index in [1.165, 1.54) is 19.1 Å². The van der Waals surface area contributed by atoms with E-state index in [2.05, 4.69) is 26.6 Å². The predicted molar refractivity (Wildman–Crippen MR) is 101 cm³/mol. The lowest BCUT2D eigenvalue weighted by Crippen LogP contribution is -2.29. The molecular weight excluding hydrogens is 419 g/mol. The number of carbonyl (C=O) groups is 3. The zero-order valence-electron chi connectivity index (χ0n) is 14.5. The molecule has 1 unspecified atom stereocenters. The fourth-order valence-corrected chi connectivity index (χ4v) is 2.66. The van der Waals surface area contributed by atoms with E-state index in [0.29, 0.717) is 4.47 Å². The first-order chi connectivity index (χ1) is 12.8. The summed E-state index contributed by atoms with van der Waals surface area (Å²) in [6, 6.07) is 12.5. The van der Waals surface area contributed by atoms with Gasteiger partial charge in [0.25, 0.3) is 5.91 Å². The molecule has 2 aromatic rings. The molecule has 142 valence electrons. The van der Waals surface area contributed by atoms with Gasteiger partial charge in [-0.05, 0) is 23.8 Å². The van der Waals surface area contributed by atoms with E-state index in [9.17, 15) is 18.8 Å². The lowest BCUT2D eigenvalue weighted by Gasteiger charge is -2.17. The van der Waals surface area contributed by atoms with Crippen LogP contribution in [0.4, 0.5) is 10.1 Å². The van der Waals surface area contributed by atoms with Crippen molar-refractivity contribution in [3.63, 3.8) is 0 Å². The highest BCUT2D eigenvalue weighted by Crippen LogP contribution is 2.19. The van der Waals surface area contributed by atoms with Gasteiger partial charge in [-0.25, -0.2) is 4.39 Å². The Balaban J connectivity index is 1.89. The average Bonchev–Trinajstić information content (AvgIpc) is 2.62. The van der Waals surface area contributed by atoms with E-state index < -0.39 is 30.3 Å². The second kappa shape index (κ2) is 9.82. The highest BCUT2D eigenvalue weighted by molar-refractivity contribution is 9.10. The summed E-state index contributed by atoms with van der Waals surface area (Å²) in [5.41, 5.74) is 0.727. The molecule has 0 bridgehead atoms. The van der Waals surface area contributed by atoms with Crippen molar-refractivity contribution in [1.82, 2.24) is 5.32 Å². The molecule has 0 spiro atoms. The number of benzene rings is 2. The Hall–Kier alpha value is -2.74. The molecule has 0 aliphatic rings. The minimum absolute atomic E-state index is 0.0142. The van der Waals surface area contributed by atoms with Gasteiger partial charge in [0, 0.05) is 11.4 Å². The van der Waals surface area contributed by atoms with Gasteiger partial charge in [0.15, 0.2) is 6.61 Å². The smallest absolute Gasteiger partial charge is 0.308 e. The van der Waals surface area contributed by atoms with Gasteiger partial charge < -0.3 is 15.4 Å². The summed E-state index contributed by atoms with van der Waals surface area (Å²) in [5, 5.41) is 5.00. The lowest BCUT2D eigenvalue weighted by molar-refractivity contribution is -0.148. The molecule has 0 radical (unpaired) electrons. The van der Waals surface area contributed by atoms with Gasteiger partial charge in [0.2, 0.25) is 5.91 Å². The van der Waals surface area contributed by atoms with Crippen LogP contribution in [0, 0.1) is 5.82 Å². The van der Waals surface area contributed by atoms with Gasteiger partial charge in [-0.3, -0.25) is 14.4 Å². The van der Waals surface area contributed by atoms with Crippen molar-refractivity contribution in [2.45, 2.75) is 19.4 Å². The maximum absolute atomic E-state index is 13.7. The summed E-state index contributed by atoms with van der Waals surface area (Å²) in [4.78, 5) is 35.3. The molecule has 2 N–H and O–H groups in total. The average molecular weight is 437 g/mol. The number of ether oxygens (including phenoxy) is 1. The van der Waals surface area contributed by atoms with Crippen LogP contribution in [0.25, 0.3) is 0 Å². The third kappa shape index (κ3) is 6.82. The minimum atomic E-state index is -0.666. The van der Waals surface area contributed by atoms with Crippen molar-refractivity contribution in [2.24, 2.45) is 0 Å². The van der Waals surface area contributed by atoms with E-state index in [0.717, 1.165) is 5.56 Å². The quantitative estimate of drug-likeness (QED) is 0.651. The van der Waals surface area contributed by atoms with Crippen molar-refractivity contribution >= 4 is 39.4 Å². The van der Waals surface area contributed by atoms with E-state index in [1.807, 2.05) is 6.07 Å². The number of esters is 1. The van der Waals surface area contributed by atoms with Crippen LogP contribution in [0.2, 0.25) is 0 Å². The molecule has 0 fully saturated rings. The van der Waals surface area contributed by atoms with E-state index in [4.69, 9.17) is 4.74 Å². The predicted octanol–water partition coefficient (Wildman–Crippen LogP) is 3.34. The number of halogens is 2. The van der Waals surface area contributed by atoms with Crippen LogP contribution in [0.15, 0.2) is 53.0 Å². The summed E-state index contributed by atoms with van der Waals surface area (Å²) < 4.78 is 19.2. The standard InChI is InChI=1S/C19H18BrFN2O4/c1-12(24)22-17(13-5-3-2-4-6-13)10-19(26)27-11-18(25)23-16-8-7-14(20)9-15(16)21/h2-9,17H,10-11H2,1H3,(H,22,24)(H,23,25). The lowest BCUT2D eigenvalue weighted by atomic mass is 10.0. The van der Waals surface area contributed by atoms with Crippen LogP contribution in [0.1, 0.15) is 24.9 Å². The molecule has 0 aromatic heterocycles. The first-order valence-electron chi connectivity index (χ1n) is 8.07. The SMILES string of the molecule is CC(=O)NC(CC(=O)OCC(=O)Nc1ccc(Br)cc1F)c1ccccc1. The third-order valence-corrected chi connectivity index (χ3v) is 4.01. The van der Waals surface area contributed by atoms with Crippen LogP contribution in [0.3, 0.4) is 0 Å². The topological polar surface area (TPSA) is 84.5 Å². The zero-order valence-corrected chi connectivity index (χ0v) is 16.1. The third-order valence-electron chi connectivity index (χ3n) is 3.52. The molecule has 2 amide bonds. The molecule has 0 saturated carbocycles.